The molecule has 1 N–H and O–H groups in total. The fourth-order valence-corrected chi connectivity index (χ4v) is 0.315. The van der Waals surface area contributed by atoms with Crippen molar-refractivity contribution in [3.63, 3.8) is 0 Å². The lowest BCUT2D eigenvalue weighted by molar-refractivity contribution is -0.187. The molecule has 0 spiro atoms. The lowest BCUT2D eigenvalue weighted by Crippen LogP contribution is -1.95. The van der Waals surface area contributed by atoms with E-state index >= 15 is 0 Å². The predicted molar refractivity (Wildman–Crippen MR) is 41.8 cm³/mol. The molecule has 6 nitrogen and oxygen atoms in total. The van der Waals surface area contributed by atoms with Crippen LogP contribution in [-0.4, -0.2) is 17.0 Å². The van der Waals surface area contributed by atoms with Gasteiger partial charge in [-0.1, -0.05) is 6.58 Å². The van der Waals surface area contributed by atoms with Crippen LogP contribution in [0.15, 0.2) is 12.2 Å². The number of carboxylic acid groups (broad SMARTS) is 1. The molecule has 0 radical (unpaired) electrons. The first kappa shape index (κ1) is 14.3. The summed E-state index contributed by atoms with van der Waals surface area (Å²) in [4.78, 5) is 28.7. The fourth-order valence-electron chi connectivity index (χ4n) is 0.105. The molecule has 0 aliphatic carbocycles. The Morgan fingerprint density at radius 3 is 1.77 bits per heavy atom. The van der Waals surface area contributed by atoms with E-state index in [1.807, 2.05) is 0 Å². The van der Waals surface area contributed by atoms with E-state index in [4.69, 9.17) is 5.11 Å². The van der Waals surface area contributed by atoms with Crippen LogP contribution < -0.4 is 4.89 Å². The first-order valence-corrected chi connectivity index (χ1v) is 4.08. The lowest BCUT2D eigenvalue weighted by Gasteiger charge is -1.79. The Morgan fingerprint density at radius 2 is 1.77 bits per heavy atom. The average Bonchev–Trinajstić information content (AvgIpc) is 1.84. The molecule has 1 atom stereocenters. The summed E-state index contributed by atoms with van der Waals surface area (Å²) in [6.07, 6.45) is 0. The Morgan fingerprint density at radius 1 is 1.46 bits per heavy atom. The fraction of sp³-hybridized carbons (Fsp3) is 0.333. The van der Waals surface area contributed by atoms with Crippen molar-refractivity contribution in [3.8, 4) is 0 Å². The number of carbonyl (C=O) groups is 2. The van der Waals surface area contributed by atoms with Crippen molar-refractivity contribution in [3.05, 3.63) is 12.2 Å². The number of aliphatic carboxylic acids is 1. The molecule has 0 aromatic heterocycles. The van der Waals surface area contributed by atoms with Crippen molar-refractivity contribution >= 4 is 20.2 Å². The zero-order chi connectivity index (χ0) is 11.0. The van der Waals surface area contributed by atoms with Crippen LogP contribution in [0.25, 0.3) is 0 Å². The van der Waals surface area contributed by atoms with Crippen molar-refractivity contribution in [2.75, 3.05) is 0 Å². The maximum absolute atomic E-state index is 9.65. The molecule has 0 amide bonds. The van der Waals surface area contributed by atoms with Gasteiger partial charge in [0, 0.05) is 12.5 Å². The van der Waals surface area contributed by atoms with Crippen LogP contribution in [0, 0.1) is 0 Å². The highest BCUT2D eigenvalue weighted by Gasteiger charge is 2.03. The van der Waals surface area contributed by atoms with Gasteiger partial charge in [0.1, 0.15) is 0 Å². The molecule has 0 saturated carbocycles. The van der Waals surface area contributed by atoms with Gasteiger partial charge in [0.05, 0.1) is 0 Å². The van der Waals surface area contributed by atoms with Gasteiger partial charge in [-0.25, -0.2) is 14.1 Å². The van der Waals surface area contributed by atoms with E-state index in [9.17, 15) is 19.0 Å². The summed E-state index contributed by atoms with van der Waals surface area (Å²) < 4.78 is 13.0. The Labute approximate surface area is 75.8 Å². The molecular weight excluding hydrogens is 199 g/mol. The molecule has 0 aromatic carbocycles. The molecule has 7 heteroatoms. The summed E-state index contributed by atoms with van der Waals surface area (Å²) in [6, 6.07) is 0. The van der Waals surface area contributed by atoms with E-state index in [1.54, 1.807) is 0 Å². The molecular formula is C6H9O6P. The second kappa shape index (κ2) is 7.39. The first-order chi connectivity index (χ1) is 5.77. The smallest absolute Gasteiger partial charge is 0.542 e. The minimum Gasteiger partial charge on any atom is -0.558 e. The van der Waals surface area contributed by atoms with Gasteiger partial charge in [-0.3, -0.25) is 0 Å². The summed E-state index contributed by atoms with van der Waals surface area (Å²) in [6.45, 7) is 5.62. The van der Waals surface area contributed by atoms with Crippen molar-refractivity contribution in [2.45, 2.75) is 13.8 Å². The zero-order valence-electron chi connectivity index (χ0n) is 7.14. The average molecular weight is 208 g/mol. The van der Waals surface area contributed by atoms with Gasteiger partial charge in [-0.15, -0.1) is 0 Å². The molecule has 0 fully saturated rings. The third-order valence-corrected chi connectivity index (χ3v) is 0.974. The van der Waals surface area contributed by atoms with Crippen LogP contribution in [0.3, 0.4) is 0 Å². The quantitative estimate of drug-likeness (QED) is 0.514. The summed E-state index contributed by atoms with van der Waals surface area (Å²) in [7, 11) is -2.99. The van der Waals surface area contributed by atoms with Crippen LogP contribution in [-0.2, 0) is 18.7 Å². The number of carboxylic acids is 1. The van der Waals surface area contributed by atoms with Gasteiger partial charge < -0.3 is 10.00 Å². The Bertz CT molecular complexity index is 209. The molecule has 0 aliphatic rings. The standard InChI is InChI=1S/C4H6O2.C2H3O4P/c1-3(2)4(5)6;1-2(3)6-7(4)5/h1H2,2H3,(H,5,6);1H3. The van der Waals surface area contributed by atoms with Crippen LogP contribution in [0.5, 0.6) is 0 Å². The van der Waals surface area contributed by atoms with E-state index in [2.05, 4.69) is 11.1 Å². The number of carbonyl (C=O) groups excluding carboxylic acids is 1. The molecule has 0 heterocycles. The van der Waals surface area contributed by atoms with E-state index < -0.39 is 20.2 Å². The van der Waals surface area contributed by atoms with E-state index in [0.717, 1.165) is 6.92 Å². The van der Waals surface area contributed by atoms with Crippen molar-refractivity contribution in [1.29, 1.82) is 0 Å². The minimum atomic E-state index is -2.99. The Hall–Kier alpha value is -1.26. The van der Waals surface area contributed by atoms with Gasteiger partial charge in [0.25, 0.3) is 0 Å². The van der Waals surface area contributed by atoms with Gasteiger partial charge in [-0.05, 0) is 11.5 Å². The van der Waals surface area contributed by atoms with Crippen molar-refractivity contribution < 1.29 is 28.7 Å². The van der Waals surface area contributed by atoms with Crippen LogP contribution >= 0.6 is 8.25 Å². The maximum atomic E-state index is 9.65. The summed E-state index contributed by atoms with van der Waals surface area (Å²) in [5.41, 5.74) is 0.176. The molecule has 74 valence electrons. The molecule has 1 unspecified atom stereocenters. The minimum absolute atomic E-state index is 0.176. The Kier molecular flexibility index (Phi) is 8.12. The maximum Gasteiger partial charge on any atom is 0.542 e. The number of rotatable bonds is 2. The van der Waals surface area contributed by atoms with Crippen LogP contribution in [0.1, 0.15) is 13.8 Å². The largest absolute Gasteiger partial charge is 0.558 e. The van der Waals surface area contributed by atoms with E-state index in [-0.39, 0.29) is 5.57 Å². The van der Waals surface area contributed by atoms with E-state index in [0.29, 0.717) is 0 Å². The normalized spacial score (nSPS) is 9.00. The molecule has 0 rings (SSSR count). The van der Waals surface area contributed by atoms with Gasteiger partial charge in [0.2, 0.25) is 0 Å². The zero-order valence-corrected chi connectivity index (χ0v) is 8.04. The highest BCUT2D eigenvalue weighted by molar-refractivity contribution is 7.31. The summed E-state index contributed by atoms with van der Waals surface area (Å²) in [5, 5.41) is 7.89. The third-order valence-electron chi connectivity index (χ3n) is 0.568. The summed E-state index contributed by atoms with van der Waals surface area (Å²) >= 11 is 0. The highest BCUT2D eigenvalue weighted by Crippen LogP contribution is 2.07. The topological polar surface area (TPSA) is 104 Å². The van der Waals surface area contributed by atoms with Crippen LogP contribution in [0.4, 0.5) is 0 Å². The van der Waals surface area contributed by atoms with Crippen molar-refractivity contribution in [2.24, 2.45) is 0 Å². The second-order valence-corrected chi connectivity index (χ2v) is 2.52. The van der Waals surface area contributed by atoms with Crippen molar-refractivity contribution in [1.82, 2.24) is 0 Å². The second-order valence-electron chi connectivity index (χ2n) is 1.89. The third kappa shape index (κ3) is 18.1. The first-order valence-electron chi connectivity index (χ1n) is 2.99. The number of hydrogen-bond donors (Lipinski definition) is 1. The SMILES string of the molecule is C=C(C)C(=O)O.CC(=O)O[P+](=O)[O-]. The van der Waals surface area contributed by atoms with E-state index in [1.165, 1.54) is 6.92 Å². The van der Waals surface area contributed by atoms with Gasteiger partial charge in [-0.2, -0.15) is 0 Å². The molecule has 0 saturated heterocycles. The monoisotopic (exact) mass is 208 g/mol. The lowest BCUT2D eigenvalue weighted by atomic mass is 10.4. The van der Waals surface area contributed by atoms with Gasteiger partial charge >= 0.3 is 20.2 Å². The Balaban J connectivity index is 0. The summed E-state index contributed by atoms with van der Waals surface area (Å²) in [5.74, 6) is -1.74. The molecule has 0 bridgehead atoms. The highest BCUT2D eigenvalue weighted by atomic mass is 31.1. The predicted octanol–water partition coefficient (Wildman–Crippen LogP) is 0.214. The molecule has 0 aromatic rings. The molecule has 0 aliphatic heterocycles. The van der Waals surface area contributed by atoms with Gasteiger partial charge in [0.15, 0.2) is 0 Å². The molecule has 13 heavy (non-hydrogen) atoms. The number of hydrogen-bond acceptors (Lipinski definition) is 5. The van der Waals surface area contributed by atoms with Crippen LogP contribution in [0.2, 0.25) is 0 Å².